The normalized spacial score (nSPS) is 20.0. The Morgan fingerprint density at radius 2 is 2.12 bits per heavy atom. The molecular formula is C15H18N7O3+. The van der Waals surface area contributed by atoms with Gasteiger partial charge in [0.15, 0.2) is 6.54 Å². The largest absolute Gasteiger partial charge is 0.350 e. The van der Waals surface area contributed by atoms with Crippen LogP contribution in [0.2, 0.25) is 0 Å². The van der Waals surface area contributed by atoms with Crippen molar-refractivity contribution in [3.05, 3.63) is 24.0 Å². The number of aryl methyl sites for hydroxylation is 1. The second kappa shape index (κ2) is 6.30. The van der Waals surface area contributed by atoms with Gasteiger partial charge in [0.05, 0.1) is 11.9 Å². The molecule has 0 radical (unpaired) electrons. The minimum Gasteiger partial charge on any atom is -0.350 e. The van der Waals surface area contributed by atoms with Crippen LogP contribution in [0.15, 0.2) is 28.4 Å². The molecule has 1 fully saturated rings. The van der Waals surface area contributed by atoms with Crippen LogP contribution in [0.4, 0.5) is 4.79 Å². The summed E-state index contributed by atoms with van der Waals surface area (Å²) in [4.78, 5) is 42.7. The smallest absolute Gasteiger partial charge is 0.333 e. The first kappa shape index (κ1) is 16.6. The van der Waals surface area contributed by atoms with Crippen LogP contribution in [0.1, 0.15) is 5.69 Å². The fraction of sp³-hybridized carbons (Fsp3) is 0.333. The maximum Gasteiger partial charge on any atom is 0.333 e. The van der Waals surface area contributed by atoms with Gasteiger partial charge < -0.3 is 4.57 Å². The van der Waals surface area contributed by atoms with Crippen LogP contribution < -0.4 is 5.43 Å². The minimum atomic E-state index is -0.782. The third kappa shape index (κ3) is 2.93. The van der Waals surface area contributed by atoms with Gasteiger partial charge in [0.25, 0.3) is 30.0 Å². The number of hydrazone groups is 1. The van der Waals surface area contributed by atoms with E-state index in [0.29, 0.717) is 5.84 Å². The van der Waals surface area contributed by atoms with Crippen LogP contribution in [-0.2, 0) is 16.6 Å². The number of carbonyl (C=O) groups is 3. The molecule has 10 heteroatoms. The van der Waals surface area contributed by atoms with E-state index in [0.717, 1.165) is 10.6 Å². The molecule has 10 nitrogen and oxygen atoms in total. The summed E-state index contributed by atoms with van der Waals surface area (Å²) in [5.41, 5.74) is 3.25. The van der Waals surface area contributed by atoms with Gasteiger partial charge in [-0.3, -0.25) is 19.4 Å². The molecule has 1 saturated heterocycles. The highest BCUT2D eigenvalue weighted by molar-refractivity contribution is 6.21. The molecule has 0 bridgehead atoms. The summed E-state index contributed by atoms with van der Waals surface area (Å²) in [6, 6.07) is 2.49. The number of carbonyl (C=O) groups excluding carboxylic acids is 3. The van der Waals surface area contributed by atoms with Gasteiger partial charge >= 0.3 is 6.03 Å². The van der Waals surface area contributed by atoms with Crippen molar-refractivity contribution in [2.45, 2.75) is 6.04 Å². The number of fused-ring (bicyclic) bond motifs is 1. The zero-order chi connectivity index (χ0) is 18.1. The van der Waals surface area contributed by atoms with Crippen LogP contribution >= 0.6 is 0 Å². The lowest BCUT2D eigenvalue weighted by Crippen LogP contribution is -2.61. The van der Waals surface area contributed by atoms with E-state index < -0.39 is 23.9 Å². The summed E-state index contributed by atoms with van der Waals surface area (Å²) in [7, 11) is 4.81. The van der Waals surface area contributed by atoms with E-state index in [2.05, 4.69) is 15.5 Å². The number of nitrogens with one attached hydrogen (secondary N) is 1. The Morgan fingerprint density at radius 3 is 2.80 bits per heavy atom. The zero-order valence-electron chi connectivity index (χ0n) is 14.1. The predicted octanol–water partition coefficient (Wildman–Crippen LogP) is -1.18. The molecule has 0 aromatic carbocycles. The number of imide groups is 1. The number of nitrogens with zero attached hydrogens (tertiary/aromatic N) is 6. The number of aromatic nitrogens is 1. The molecule has 2 aliphatic heterocycles. The summed E-state index contributed by atoms with van der Waals surface area (Å²) in [6.07, 6.45) is 4.78. The predicted molar refractivity (Wildman–Crippen MR) is 89.5 cm³/mol. The average Bonchev–Trinajstić information content (AvgIpc) is 3.18. The summed E-state index contributed by atoms with van der Waals surface area (Å²) in [5.74, 6) is -0.503. The van der Waals surface area contributed by atoms with E-state index in [1.807, 2.05) is 29.9 Å². The molecule has 3 heterocycles. The molecule has 1 aromatic heterocycles. The van der Waals surface area contributed by atoms with Crippen molar-refractivity contribution in [3.63, 3.8) is 0 Å². The number of rotatable bonds is 4. The van der Waals surface area contributed by atoms with Gasteiger partial charge in [-0.1, -0.05) is 0 Å². The van der Waals surface area contributed by atoms with Crippen molar-refractivity contribution in [2.75, 3.05) is 20.6 Å². The summed E-state index contributed by atoms with van der Waals surface area (Å²) >= 11 is 0. The molecule has 130 valence electrons. The standard InChI is InChI=1S/C15H17N7O3/c1-19-6-4-5-10(19)7-17-18-11(23)8-22-9-16-13-12(22)14(24)21(3)15(25)20(13)2/h4-7,9,12H,8H2,1-3H3/p+1/b17-7+. The Hall–Kier alpha value is -3.30. The van der Waals surface area contributed by atoms with Crippen LogP contribution in [0, 0.1) is 0 Å². The van der Waals surface area contributed by atoms with Crippen molar-refractivity contribution in [1.29, 1.82) is 0 Å². The highest BCUT2D eigenvalue weighted by atomic mass is 16.2. The fourth-order valence-corrected chi connectivity index (χ4v) is 2.65. The van der Waals surface area contributed by atoms with Crippen molar-refractivity contribution in [2.24, 2.45) is 17.1 Å². The Balaban J connectivity index is 1.63. The fourth-order valence-electron chi connectivity index (χ4n) is 2.65. The monoisotopic (exact) mass is 344 g/mol. The first-order chi connectivity index (χ1) is 11.9. The molecule has 4 amide bonds. The molecule has 25 heavy (non-hydrogen) atoms. The molecule has 0 spiro atoms. The number of amidine groups is 1. The van der Waals surface area contributed by atoms with Gasteiger partial charge in [-0.2, -0.15) is 5.10 Å². The maximum atomic E-state index is 12.3. The Labute approximate surface area is 143 Å². The van der Waals surface area contributed by atoms with E-state index in [-0.39, 0.29) is 6.54 Å². The zero-order valence-corrected chi connectivity index (χ0v) is 14.1. The van der Waals surface area contributed by atoms with E-state index >= 15 is 0 Å². The summed E-state index contributed by atoms with van der Waals surface area (Å²) in [5, 5.41) is 3.90. The van der Waals surface area contributed by atoms with Gasteiger partial charge in [0, 0.05) is 27.3 Å². The third-order valence-electron chi connectivity index (χ3n) is 4.09. The highest BCUT2D eigenvalue weighted by Crippen LogP contribution is 2.16. The van der Waals surface area contributed by atoms with E-state index in [9.17, 15) is 14.4 Å². The van der Waals surface area contributed by atoms with Crippen LogP contribution in [0.5, 0.6) is 0 Å². The van der Waals surface area contributed by atoms with Crippen LogP contribution in [-0.4, -0.2) is 81.9 Å². The molecule has 0 saturated carbocycles. The number of aliphatic imine (C=N–C) groups is 1. The van der Waals surface area contributed by atoms with Crippen LogP contribution in [0.25, 0.3) is 0 Å². The SMILES string of the molecule is CN1C(=O)C2C(=NC=[N+]2CC(=O)N/N=C/c2cccn2C)N(C)C1=O. The van der Waals surface area contributed by atoms with Gasteiger partial charge in [-0.25, -0.2) is 14.8 Å². The van der Waals surface area contributed by atoms with Gasteiger partial charge in [0.2, 0.25) is 0 Å². The van der Waals surface area contributed by atoms with Gasteiger partial charge in [-0.15, -0.1) is 0 Å². The first-order valence-electron chi connectivity index (χ1n) is 7.55. The van der Waals surface area contributed by atoms with E-state index in [4.69, 9.17) is 0 Å². The van der Waals surface area contributed by atoms with Crippen molar-refractivity contribution < 1.29 is 19.0 Å². The molecular weight excluding hydrogens is 326 g/mol. The molecule has 2 aliphatic rings. The second-order valence-corrected chi connectivity index (χ2v) is 5.75. The average molecular weight is 344 g/mol. The molecule has 1 N–H and O–H groups in total. The highest BCUT2D eigenvalue weighted by Gasteiger charge is 2.50. The van der Waals surface area contributed by atoms with Crippen molar-refractivity contribution >= 4 is 36.2 Å². The van der Waals surface area contributed by atoms with Crippen molar-refractivity contribution in [1.82, 2.24) is 19.8 Å². The topological polar surface area (TPSA) is 102 Å². The Bertz CT molecular complexity index is 836. The van der Waals surface area contributed by atoms with Gasteiger partial charge in [-0.05, 0) is 17.1 Å². The number of likely N-dealkylation sites (N-methyl/N-ethyl adjacent to an activating group) is 2. The van der Waals surface area contributed by atoms with E-state index in [1.54, 1.807) is 7.05 Å². The molecule has 1 aromatic rings. The molecule has 1 atom stereocenters. The Kier molecular flexibility index (Phi) is 4.17. The lowest BCUT2D eigenvalue weighted by Gasteiger charge is -2.30. The number of hydrogen-bond donors (Lipinski definition) is 1. The first-order valence-corrected chi connectivity index (χ1v) is 7.55. The molecule has 1 unspecified atom stereocenters. The quantitative estimate of drug-likeness (QED) is 0.422. The minimum absolute atomic E-state index is 0.107. The third-order valence-corrected chi connectivity index (χ3v) is 4.09. The van der Waals surface area contributed by atoms with E-state index in [1.165, 1.54) is 29.1 Å². The Morgan fingerprint density at radius 1 is 1.36 bits per heavy atom. The molecule has 0 aliphatic carbocycles. The molecule has 3 rings (SSSR count). The van der Waals surface area contributed by atoms with Gasteiger partial charge in [0.1, 0.15) is 0 Å². The number of amides is 4. The lowest BCUT2D eigenvalue weighted by molar-refractivity contribution is -0.519. The van der Waals surface area contributed by atoms with Crippen molar-refractivity contribution in [3.8, 4) is 0 Å². The number of urea groups is 1. The van der Waals surface area contributed by atoms with Crippen LogP contribution in [0.3, 0.4) is 0 Å². The summed E-state index contributed by atoms with van der Waals surface area (Å²) < 4.78 is 3.33. The maximum absolute atomic E-state index is 12.3. The lowest BCUT2D eigenvalue weighted by atomic mass is 10.1. The summed E-state index contributed by atoms with van der Waals surface area (Å²) in [6.45, 7) is -0.107. The number of hydrogen-bond acceptors (Lipinski definition) is 5. The second-order valence-electron chi connectivity index (χ2n) is 5.75.